The van der Waals surface area contributed by atoms with E-state index in [-0.39, 0.29) is 5.91 Å². The summed E-state index contributed by atoms with van der Waals surface area (Å²) in [7, 11) is 0. The number of nitrogens with one attached hydrogen (secondary N) is 1. The number of benzene rings is 1. The first kappa shape index (κ1) is 14.6. The van der Waals surface area contributed by atoms with Gasteiger partial charge in [-0.25, -0.2) is 4.68 Å². The topological polar surface area (TPSA) is 72.9 Å². The molecule has 0 radical (unpaired) electrons. The number of nitrogens with two attached hydrogens (primary N) is 1. The van der Waals surface area contributed by atoms with Crippen molar-refractivity contribution in [3.05, 3.63) is 42.7 Å². The fourth-order valence-electron chi connectivity index (χ4n) is 1.73. The Labute approximate surface area is 122 Å². The number of hydrogen-bond acceptors (Lipinski definition) is 4. The summed E-state index contributed by atoms with van der Waals surface area (Å²) in [5.74, 6) is 0.734. The monoisotopic (exact) mass is 290 g/mol. The second-order valence-corrected chi connectivity index (χ2v) is 5.36. The average Bonchev–Trinajstić information content (AvgIpc) is 2.99. The van der Waals surface area contributed by atoms with Crippen molar-refractivity contribution in [3.8, 4) is 5.69 Å². The molecule has 1 amide bonds. The highest BCUT2D eigenvalue weighted by Crippen LogP contribution is 2.13. The molecule has 1 aromatic heterocycles. The standard InChI is InChI=1S/C14H18N4OS/c1-20-10-7-13(15)14(19)17-11-3-5-12(6-4-11)18-9-2-8-16-18/h2-6,8-9,13H,7,10,15H2,1H3,(H,17,19)/t13-/m0/s1. The first-order valence-electron chi connectivity index (χ1n) is 6.36. The fourth-order valence-corrected chi connectivity index (χ4v) is 2.22. The molecule has 3 N–H and O–H groups in total. The molecule has 20 heavy (non-hydrogen) atoms. The third-order valence-electron chi connectivity index (χ3n) is 2.87. The zero-order valence-electron chi connectivity index (χ0n) is 11.3. The maximum Gasteiger partial charge on any atom is 0.241 e. The van der Waals surface area contributed by atoms with Crippen LogP contribution in [0, 0.1) is 0 Å². The predicted octanol–water partition coefficient (Wildman–Crippen LogP) is 1.89. The maximum absolute atomic E-state index is 11.9. The van der Waals surface area contributed by atoms with Gasteiger partial charge < -0.3 is 11.1 Å². The number of anilines is 1. The molecule has 5 nitrogen and oxygen atoms in total. The Morgan fingerprint density at radius 3 is 2.80 bits per heavy atom. The second kappa shape index (κ2) is 7.12. The van der Waals surface area contributed by atoms with Crippen molar-refractivity contribution in [2.45, 2.75) is 12.5 Å². The van der Waals surface area contributed by atoms with Crippen LogP contribution in [0.3, 0.4) is 0 Å². The van der Waals surface area contributed by atoms with Crippen LogP contribution in [0.1, 0.15) is 6.42 Å². The normalized spacial score (nSPS) is 12.1. The zero-order valence-corrected chi connectivity index (χ0v) is 12.1. The highest BCUT2D eigenvalue weighted by Gasteiger charge is 2.12. The summed E-state index contributed by atoms with van der Waals surface area (Å²) in [6, 6.07) is 8.88. The molecule has 1 heterocycles. The highest BCUT2D eigenvalue weighted by molar-refractivity contribution is 7.98. The van der Waals surface area contributed by atoms with Gasteiger partial charge >= 0.3 is 0 Å². The van der Waals surface area contributed by atoms with Crippen LogP contribution in [-0.4, -0.2) is 33.7 Å². The van der Waals surface area contributed by atoms with E-state index in [1.807, 2.05) is 42.8 Å². The molecule has 0 saturated heterocycles. The lowest BCUT2D eigenvalue weighted by molar-refractivity contribution is -0.117. The van der Waals surface area contributed by atoms with Gasteiger partial charge in [-0.05, 0) is 48.8 Å². The van der Waals surface area contributed by atoms with Gasteiger partial charge in [0.1, 0.15) is 0 Å². The maximum atomic E-state index is 11.9. The number of amides is 1. The average molecular weight is 290 g/mol. The summed E-state index contributed by atoms with van der Waals surface area (Å²) in [5.41, 5.74) is 7.50. The van der Waals surface area contributed by atoms with E-state index >= 15 is 0 Å². The third-order valence-corrected chi connectivity index (χ3v) is 3.52. The Morgan fingerprint density at radius 2 is 2.20 bits per heavy atom. The molecule has 0 bridgehead atoms. The number of hydrogen-bond donors (Lipinski definition) is 2. The van der Waals surface area contributed by atoms with Gasteiger partial charge in [-0.1, -0.05) is 0 Å². The van der Waals surface area contributed by atoms with Gasteiger partial charge in [0.25, 0.3) is 0 Å². The Kier molecular flexibility index (Phi) is 5.20. The van der Waals surface area contributed by atoms with E-state index in [9.17, 15) is 4.79 Å². The van der Waals surface area contributed by atoms with Gasteiger partial charge in [-0.15, -0.1) is 0 Å². The molecule has 6 heteroatoms. The Bertz CT molecular complexity index is 539. The molecule has 2 rings (SSSR count). The van der Waals surface area contributed by atoms with Crippen LogP contribution in [0.4, 0.5) is 5.69 Å². The Hall–Kier alpha value is -1.79. The minimum Gasteiger partial charge on any atom is -0.325 e. The van der Waals surface area contributed by atoms with E-state index in [0.29, 0.717) is 6.42 Å². The highest BCUT2D eigenvalue weighted by atomic mass is 32.2. The number of carbonyl (C=O) groups excluding carboxylic acids is 1. The molecule has 0 spiro atoms. The van der Waals surface area contributed by atoms with Crippen LogP contribution in [0.2, 0.25) is 0 Å². The van der Waals surface area contributed by atoms with Crippen molar-refractivity contribution < 1.29 is 4.79 Å². The van der Waals surface area contributed by atoms with Crippen molar-refractivity contribution >= 4 is 23.4 Å². The lowest BCUT2D eigenvalue weighted by Crippen LogP contribution is -2.36. The summed E-state index contributed by atoms with van der Waals surface area (Å²) in [6.45, 7) is 0. The van der Waals surface area contributed by atoms with E-state index < -0.39 is 6.04 Å². The van der Waals surface area contributed by atoms with Crippen molar-refractivity contribution in [1.29, 1.82) is 0 Å². The van der Waals surface area contributed by atoms with Gasteiger partial charge in [0.15, 0.2) is 0 Å². The molecule has 2 aromatic rings. The molecule has 0 unspecified atom stereocenters. The molecule has 0 aliphatic carbocycles. The van der Waals surface area contributed by atoms with Crippen LogP contribution < -0.4 is 11.1 Å². The van der Waals surface area contributed by atoms with Crippen molar-refractivity contribution in [2.24, 2.45) is 5.73 Å². The summed E-state index contributed by atoms with van der Waals surface area (Å²) < 4.78 is 1.76. The number of carbonyl (C=O) groups is 1. The second-order valence-electron chi connectivity index (χ2n) is 4.37. The molecular formula is C14H18N4OS. The van der Waals surface area contributed by atoms with Gasteiger partial charge in [-0.2, -0.15) is 16.9 Å². The summed E-state index contributed by atoms with van der Waals surface area (Å²) in [4.78, 5) is 11.9. The summed E-state index contributed by atoms with van der Waals surface area (Å²) >= 11 is 1.68. The third kappa shape index (κ3) is 3.85. The zero-order chi connectivity index (χ0) is 14.4. The number of nitrogens with zero attached hydrogens (tertiary/aromatic N) is 2. The number of rotatable bonds is 6. The lowest BCUT2D eigenvalue weighted by atomic mass is 10.2. The van der Waals surface area contributed by atoms with E-state index in [1.165, 1.54) is 0 Å². The number of thioether (sulfide) groups is 1. The minimum absolute atomic E-state index is 0.147. The lowest BCUT2D eigenvalue weighted by Gasteiger charge is -2.12. The van der Waals surface area contributed by atoms with Gasteiger partial charge in [-0.3, -0.25) is 4.79 Å². The molecule has 0 aliphatic rings. The van der Waals surface area contributed by atoms with Crippen LogP contribution in [-0.2, 0) is 4.79 Å². The van der Waals surface area contributed by atoms with Crippen molar-refractivity contribution in [3.63, 3.8) is 0 Å². The van der Waals surface area contributed by atoms with E-state index in [4.69, 9.17) is 5.73 Å². The SMILES string of the molecule is CSCC[C@H](N)C(=O)Nc1ccc(-n2cccn2)cc1. The van der Waals surface area contributed by atoms with Gasteiger partial charge in [0.2, 0.25) is 5.91 Å². The fraction of sp³-hybridized carbons (Fsp3) is 0.286. The van der Waals surface area contributed by atoms with Crippen molar-refractivity contribution in [1.82, 2.24) is 9.78 Å². The smallest absolute Gasteiger partial charge is 0.241 e. The van der Waals surface area contributed by atoms with Crippen LogP contribution >= 0.6 is 11.8 Å². The summed E-state index contributed by atoms with van der Waals surface area (Å²) in [6.07, 6.45) is 6.27. The van der Waals surface area contributed by atoms with Crippen LogP contribution in [0.15, 0.2) is 42.7 Å². The van der Waals surface area contributed by atoms with E-state index in [0.717, 1.165) is 17.1 Å². The molecule has 1 aromatic carbocycles. The molecule has 0 saturated carbocycles. The Morgan fingerprint density at radius 1 is 1.45 bits per heavy atom. The van der Waals surface area contributed by atoms with Gasteiger partial charge in [0, 0.05) is 18.1 Å². The largest absolute Gasteiger partial charge is 0.325 e. The molecule has 106 valence electrons. The van der Waals surface area contributed by atoms with Gasteiger partial charge in [0.05, 0.1) is 11.7 Å². The number of aromatic nitrogens is 2. The quantitative estimate of drug-likeness (QED) is 0.852. The molecule has 1 atom stereocenters. The van der Waals surface area contributed by atoms with Crippen LogP contribution in [0.25, 0.3) is 5.69 Å². The first-order valence-corrected chi connectivity index (χ1v) is 7.75. The first-order chi connectivity index (χ1) is 9.70. The predicted molar refractivity (Wildman–Crippen MR) is 83.2 cm³/mol. The van der Waals surface area contributed by atoms with Crippen LogP contribution in [0.5, 0.6) is 0 Å². The Balaban J connectivity index is 1.95. The molecular weight excluding hydrogens is 272 g/mol. The molecule has 0 fully saturated rings. The van der Waals surface area contributed by atoms with E-state index in [2.05, 4.69) is 10.4 Å². The summed E-state index contributed by atoms with van der Waals surface area (Å²) in [5, 5.41) is 6.97. The van der Waals surface area contributed by atoms with Crippen molar-refractivity contribution in [2.75, 3.05) is 17.3 Å². The van der Waals surface area contributed by atoms with E-state index in [1.54, 1.807) is 22.6 Å². The molecule has 0 aliphatic heterocycles. The minimum atomic E-state index is -0.465.